The van der Waals surface area contributed by atoms with Gasteiger partial charge in [0.1, 0.15) is 0 Å². The molecule has 0 saturated carbocycles. The first-order chi connectivity index (χ1) is 11.8. The van der Waals surface area contributed by atoms with E-state index in [4.69, 9.17) is 11.6 Å². The normalized spacial score (nSPS) is 11.5. The number of anilines is 1. The third-order valence-corrected chi connectivity index (χ3v) is 5.39. The molecular formula is C16H22ClMnN5O2S. The van der Waals surface area contributed by atoms with Gasteiger partial charge in [0, 0.05) is 18.1 Å². The van der Waals surface area contributed by atoms with E-state index in [1.165, 1.54) is 8.99 Å². The molecule has 0 aliphatic rings. The van der Waals surface area contributed by atoms with E-state index >= 15 is 0 Å². The molecule has 7 nitrogen and oxygen atoms in total. The van der Waals surface area contributed by atoms with Crippen molar-refractivity contribution in [1.29, 1.82) is 0 Å². The van der Waals surface area contributed by atoms with Gasteiger partial charge in [-0.3, -0.25) is 0 Å². The summed E-state index contributed by atoms with van der Waals surface area (Å²) in [6.07, 6.45) is 2.72. The van der Waals surface area contributed by atoms with Crippen molar-refractivity contribution in [3.63, 3.8) is 0 Å². The Balaban J connectivity index is 0.00000338. The number of hydrogen-bond donors (Lipinski definition) is 0. The second-order valence-corrected chi connectivity index (χ2v) is 7.95. The second-order valence-electron chi connectivity index (χ2n) is 5.63. The summed E-state index contributed by atoms with van der Waals surface area (Å²) in [5.74, 6) is 0.257. The molecule has 143 valence electrons. The number of sulfonamides is 1. The molecule has 0 atom stereocenters. The molecule has 0 aliphatic carbocycles. The number of benzene rings is 1. The van der Waals surface area contributed by atoms with Gasteiger partial charge in [-0.1, -0.05) is 22.9 Å². The van der Waals surface area contributed by atoms with Gasteiger partial charge in [-0.15, -0.1) is 18.2 Å². The van der Waals surface area contributed by atoms with Crippen LogP contribution in [0.3, 0.4) is 0 Å². The molecule has 0 fully saturated rings. The Morgan fingerprint density at radius 2 is 1.88 bits per heavy atom. The van der Waals surface area contributed by atoms with Crippen LogP contribution >= 0.6 is 11.6 Å². The van der Waals surface area contributed by atoms with Gasteiger partial charge in [0.25, 0.3) is 0 Å². The smallest absolute Gasteiger partial charge is 0.361 e. The average Bonchev–Trinajstić information content (AvgIpc) is 3.02. The van der Waals surface area contributed by atoms with Crippen LogP contribution in [0.1, 0.15) is 5.56 Å². The van der Waals surface area contributed by atoms with E-state index in [9.17, 15) is 8.42 Å². The van der Waals surface area contributed by atoms with Crippen molar-refractivity contribution in [3.8, 4) is 5.69 Å². The Labute approximate surface area is 170 Å². The Morgan fingerprint density at radius 3 is 2.42 bits per heavy atom. The van der Waals surface area contributed by atoms with Crippen molar-refractivity contribution in [2.75, 3.05) is 36.7 Å². The van der Waals surface area contributed by atoms with Gasteiger partial charge >= 0.3 is 17.1 Å². The maximum absolute atomic E-state index is 12.1. The number of nitrogens with zero attached hydrogens (tertiary/aromatic N) is 5. The summed E-state index contributed by atoms with van der Waals surface area (Å²) in [6.45, 7) is 11.4. The molecule has 10 heteroatoms. The molecule has 1 heterocycles. The van der Waals surface area contributed by atoms with Gasteiger partial charge in [0.05, 0.1) is 18.1 Å². The third kappa shape index (κ3) is 5.69. The number of halogens is 1. The van der Waals surface area contributed by atoms with Crippen LogP contribution in [0.4, 0.5) is 5.82 Å². The Bertz CT molecular complexity index is 824. The summed E-state index contributed by atoms with van der Waals surface area (Å²) in [6, 6.07) is 5.47. The summed E-state index contributed by atoms with van der Waals surface area (Å²) >= 11 is 6.14. The average molecular weight is 439 g/mol. The van der Waals surface area contributed by atoms with Crippen LogP contribution in [0.15, 0.2) is 24.4 Å². The maximum Gasteiger partial charge on any atom is 2.00 e. The Hall–Kier alpha value is -1.12. The maximum atomic E-state index is 12.1. The largest absolute Gasteiger partial charge is 2.00 e. The SMILES string of the molecule is [CH2-]CN(C[CH2-])CCN(c1cn(-c2ccc(C)c(Cl)c2)nn1)S(C)(=O)=O.[Mn+2]. The van der Waals surface area contributed by atoms with Crippen LogP contribution < -0.4 is 4.31 Å². The van der Waals surface area contributed by atoms with Crippen LogP contribution in [0.2, 0.25) is 5.02 Å². The van der Waals surface area contributed by atoms with E-state index in [2.05, 4.69) is 24.2 Å². The molecule has 1 radical (unpaired) electrons. The number of rotatable bonds is 8. The Morgan fingerprint density at radius 1 is 1.23 bits per heavy atom. The van der Waals surface area contributed by atoms with Crippen LogP contribution in [-0.2, 0) is 27.1 Å². The minimum absolute atomic E-state index is 0. The van der Waals surface area contributed by atoms with Crippen LogP contribution in [-0.4, -0.2) is 60.7 Å². The molecule has 0 aliphatic heterocycles. The number of aromatic nitrogens is 3. The van der Waals surface area contributed by atoms with Gasteiger partial charge in [0.2, 0.25) is 10.0 Å². The molecule has 0 saturated heterocycles. The molecule has 2 rings (SSSR count). The van der Waals surface area contributed by atoms with Crippen molar-refractivity contribution >= 4 is 27.4 Å². The van der Waals surface area contributed by atoms with Gasteiger partial charge in [0.15, 0.2) is 5.82 Å². The van der Waals surface area contributed by atoms with E-state index in [0.29, 0.717) is 30.3 Å². The fraction of sp³-hybridized carbons (Fsp3) is 0.375. The van der Waals surface area contributed by atoms with E-state index in [1.807, 2.05) is 24.0 Å². The summed E-state index contributed by atoms with van der Waals surface area (Å²) in [5.41, 5.74) is 1.66. The predicted molar refractivity (Wildman–Crippen MR) is 100 cm³/mol. The van der Waals surface area contributed by atoms with Gasteiger partial charge < -0.3 is 18.7 Å². The van der Waals surface area contributed by atoms with Crippen LogP contribution in [0.5, 0.6) is 0 Å². The van der Waals surface area contributed by atoms with Gasteiger partial charge in [-0.2, -0.15) is 0 Å². The summed E-state index contributed by atoms with van der Waals surface area (Å²) < 4.78 is 27.0. The fourth-order valence-corrected chi connectivity index (χ4v) is 3.25. The third-order valence-electron chi connectivity index (χ3n) is 3.81. The van der Waals surface area contributed by atoms with Crippen molar-refractivity contribution in [2.24, 2.45) is 0 Å². The summed E-state index contributed by atoms with van der Waals surface area (Å²) in [5, 5.41) is 8.64. The molecule has 0 spiro atoms. The molecule has 0 unspecified atom stereocenters. The standard InChI is InChI=1S/C16H22ClN5O2S.Mn/c1-5-20(6-2)9-10-22(25(4,23)24)16-12-21(19-18-16)14-8-7-13(3)15(17)11-14;/h7-8,11-12H,1-2,5-6,9-10H2,3-4H3;/q-2;+2. The number of aryl methyl sites for hydroxylation is 1. The first-order valence-corrected chi connectivity index (χ1v) is 9.96. The minimum Gasteiger partial charge on any atom is -0.361 e. The van der Waals surface area contributed by atoms with E-state index < -0.39 is 10.0 Å². The zero-order chi connectivity index (χ0) is 18.6. The summed E-state index contributed by atoms with van der Waals surface area (Å²) in [7, 11) is -3.49. The first kappa shape index (κ1) is 22.9. The van der Waals surface area contributed by atoms with Gasteiger partial charge in [-0.05, 0) is 24.6 Å². The van der Waals surface area contributed by atoms with Crippen molar-refractivity contribution < 1.29 is 25.5 Å². The van der Waals surface area contributed by atoms with E-state index in [-0.39, 0.29) is 29.4 Å². The van der Waals surface area contributed by atoms with Crippen molar-refractivity contribution in [3.05, 3.63) is 48.8 Å². The van der Waals surface area contributed by atoms with Crippen molar-refractivity contribution in [1.82, 2.24) is 19.9 Å². The molecular weight excluding hydrogens is 417 g/mol. The molecule has 0 bridgehead atoms. The Kier molecular flexibility index (Phi) is 8.56. The van der Waals surface area contributed by atoms with Crippen molar-refractivity contribution in [2.45, 2.75) is 6.92 Å². The van der Waals surface area contributed by atoms with E-state index in [1.54, 1.807) is 12.3 Å². The molecule has 26 heavy (non-hydrogen) atoms. The molecule has 0 amide bonds. The number of hydrogen-bond acceptors (Lipinski definition) is 5. The quantitative estimate of drug-likeness (QED) is 0.465. The monoisotopic (exact) mass is 438 g/mol. The second kappa shape index (κ2) is 9.71. The zero-order valence-electron chi connectivity index (χ0n) is 14.8. The summed E-state index contributed by atoms with van der Waals surface area (Å²) in [4.78, 5) is 1.93. The topological polar surface area (TPSA) is 71.3 Å². The zero-order valence-corrected chi connectivity index (χ0v) is 17.5. The molecule has 1 aromatic heterocycles. The molecule has 1 aromatic carbocycles. The van der Waals surface area contributed by atoms with Gasteiger partial charge in [-0.25, -0.2) is 17.4 Å². The molecule has 2 aromatic rings. The van der Waals surface area contributed by atoms with Crippen LogP contribution in [0.25, 0.3) is 5.69 Å². The fourth-order valence-electron chi connectivity index (χ4n) is 2.24. The first-order valence-electron chi connectivity index (χ1n) is 7.73. The minimum atomic E-state index is -3.49. The van der Waals surface area contributed by atoms with E-state index in [0.717, 1.165) is 11.8 Å². The molecule has 0 N–H and O–H groups in total. The predicted octanol–water partition coefficient (Wildman–Crippen LogP) is 1.96. The van der Waals surface area contributed by atoms with Crippen LogP contribution in [0, 0.1) is 20.8 Å².